The van der Waals surface area contributed by atoms with Gasteiger partial charge in [0.1, 0.15) is 0 Å². The molecule has 1 rings (SSSR count). The van der Waals surface area contributed by atoms with E-state index in [1.54, 1.807) is 4.90 Å². The van der Waals surface area contributed by atoms with Gasteiger partial charge in [-0.1, -0.05) is 13.3 Å². The molecular weight excluding hydrogens is 232 g/mol. The lowest BCUT2D eigenvalue weighted by atomic mass is 9.81. The molecule has 1 saturated heterocycles. The largest absolute Gasteiger partial charge is 0.481 e. The summed E-state index contributed by atoms with van der Waals surface area (Å²) < 4.78 is 0. The quantitative estimate of drug-likeness (QED) is 0.715. The molecule has 1 atom stereocenters. The first-order valence-corrected chi connectivity index (χ1v) is 6.77. The zero-order valence-electron chi connectivity index (χ0n) is 11.4. The number of nitrogens with zero attached hydrogens (tertiary/aromatic N) is 1. The van der Waals surface area contributed by atoms with Gasteiger partial charge in [-0.15, -0.1) is 0 Å². The molecule has 104 valence electrons. The third-order valence-electron chi connectivity index (χ3n) is 3.69. The van der Waals surface area contributed by atoms with Crippen molar-refractivity contribution in [1.29, 1.82) is 0 Å². The third-order valence-corrected chi connectivity index (χ3v) is 3.69. The van der Waals surface area contributed by atoms with Crippen molar-refractivity contribution in [1.82, 2.24) is 10.2 Å². The van der Waals surface area contributed by atoms with E-state index in [1.807, 2.05) is 6.92 Å². The molecule has 1 aliphatic heterocycles. The van der Waals surface area contributed by atoms with Crippen molar-refractivity contribution < 1.29 is 14.7 Å². The fourth-order valence-corrected chi connectivity index (χ4v) is 2.69. The molecule has 0 aromatic carbocycles. The zero-order chi connectivity index (χ0) is 13.6. The number of aliphatic carboxylic acids is 1. The Hall–Kier alpha value is -1.10. The lowest BCUT2D eigenvalue weighted by Gasteiger charge is -2.33. The Morgan fingerprint density at radius 3 is 2.56 bits per heavy atom. The summed E-state index contributed by atoms with van der Waals surface area (Å²) >= 11 is 0. The predicted octanol–water partition coefficient (Wildman–Crippen LogP) is 1.09. The van der Waals surface area contributed by atoms with Crippen LogP contribution in [0, 0.1) is 5.41 Å². The summed E-state index contributed by atoms with van der Waals surface area (Å²) in [5.74, 6) is -0.728. The maximum Gasteiger partial charge on any atom is 0.305 e. The molecule has 1 amide bonds. The van der Waals surface area contributed by atoms with Gasteiger partial charge in [-0.3, -0.25) is 9.59 Å². The van der Waals surface area contributed by atoms with Crippen molar-refractivity contribution >= 4 is 11.9 Å². The second-order valence-corrected chi connectivity index (χ2v) is 4.99. The number of nitrogens with one attached hydrogen (secondary N) is 1. The number of carbonyl (C=O) groups excluding carboxylic acids is 1. The van der Waals surface area contributed by atoms with Crippen LogP contribution in [-0.2, 0) is 9.59 Å². The Kier molecular flexibility index (Phi) is 5.59. The highest BCUT2D eigenvalue weighted by Crippen LogP contribution is 2.33. The molecule has 0 aromatic rings. The van der Waals surface area contributed by atoms with Crippen LogP contribution in [0.2, 0.25) is 0 Å². The van der Waals surface area contributed by atoms with Gasteiger partial charge in [0.15, 0.2) is 0 Å². The predicted molar refractivity (Wildman–Crippen MR) is 69.3 cm³/mol. The number of carboxylic acids is 1. The van der Waals surface area contributed by atoms with E-state index in [0.29, 0.717) is 13.1 Å². The SMILES string of the molecule is CCCC1(C(=O)N(CC)CCC(=O)O)CCNC1. The molecule has 0 bridgehead atoms. The summed E-state index contributed by atoms with van der Waals surface area (Å²) in [7, 11) is 0. The van der Waals surface area contributed by atoms with Gasteiger partial charge in [0, 0.05) is 19.6 Å². The Bertz CT molecular complexity index is 299. The highest BCUT2D eigenvalue weighted by atomic mass is 16.4. The van der Waals surface area contributed by atoms with Gasteiger partial charge in [0.25, 0.3) is 0 Å². The minimum absolute atomic E-state index is 0.0230. The maximum absolute atomic E-state index is 12.6. The van der Waals surface area contributed by atoms with Crippen molar-refractivity contribution in [2.24, 2.45) is 5.41 Å². The smallest absolute Gasteiger partial charge is 0.305 e. The van der Waals surface area contributed by atoms with Crippen LogP contribution in [0.4, 0.5) is 0 Å². The summed E-state index contributed by atoms with van der Waals surface area (Å²) in [5, 5.41) is 12.0. The molecular formula is C13H24N2O3. The Morgan fingerprint density at radius 2 is 2.11 bits per heavy atom. The van der Waals surface area contributed by atoms with Crippen LogP contribution in [0.25, 0.3) is 0 Å². The minimum Gasteiger partial charge on any atom is -0.481 e. The molecule has 0 saturated carbocycles. The average molecular weight is 256 g/mol. The Labute approximate surface area is 109 Å². The van der Waals surface area contributed by atoms with Crippen LogP contribution in [0.3, 0.4) is 0 Å². The summed E-state index contributed by atoms with van der Waals surface area (Å²) in [4.78, 5) is 24.9. The molecule has 1 heterocycles. The molecule has 5 nitrogen and oxygen atoms in total. The van der Waals surface area contributed by atoms with Crippen LogP contribution >= 0.6 is 0 Å². The zero-order valence-corrected chi connectivity index (χ0v) is 11.4. The van der Waals surface area contributed by atoms with Crippen LogP contribution in [-0.4, -0.2) is 48.1 Å². The van der Waals surface area contributed by atoms with E-state index >= 15 is 0 Å². The van der Waals surface area contributed by atoms with Gasteiger partial charge < -0.3 is 15.3 Å². The van der Waals surface area contributed by atoms with Gasteiger partial charge in [-0.2, -0.15) is 0 Å². The van der Waals surface area contributed by atoms with Gasteiger partial charge in [-0.05, 0) is 26.3 Å². The number of carbonyl (C=O) groups is 2. The molecule has 0 aromatic heterocycles. The van der Waals surface area contributed by atoms with Crippen molar-refractivity contribution in [2.45, 2.75) is 39.5 Å². The van der Waals surface area contributed by atoms with Crippen LogP contribution < -0.4 is 5.32 Å². The molecule has 1 fully saturated rings. The van der Waals surface area contributed by atoms with E-state index in [1.165, 1.54) is 0 Å². The van der Waals surface area contributed by atoms with Crippen LogP contribution in [0.5, 0.6) is 0 Å². The molecule has 1 unspecified atom stereocenters. The monoisotopic (exact) mass is 256 g/mol. The van der Waals surface area contributed by atoms with Crippen molar-refractivity contribution in [3.05, 3.63) is 0 Å². The number of hydrogen-bond donors (Lipinski definition) is 2. The normalized spacial score (nSPS) is 23.0. The number of carboxylic acid groups (broad SMARTS) is 1. The summed E-state index contributed by atoms with van der Waals surface area (Å²) in [6, 6.07) is 0. The molecule has 2 N–H and O–H groups in total. The molecule has 1 aliphatic rings. The van der Waals surface area contributed by atoms with E-state index < -0.39 is 5.97 Å². The molecule has 0 spiro atoms. The van der Waals surface area contributed by atoms with E-state index in [9.17, 15) is 9.59 Å². The lowest BCUT2D eigenvalue weighted by molar-refractivity contribution is -0.143. The second kappa shape index (κ2) is 6.73. The number of amides is 1. The highest BCUT2D eigenvalue weighted by molar-refractivity contribution is 5.83. The molecule has 5 heteroatoms. The first-order chi connectivity index (χ1) is 8.55. The van der Waals surface area contributed by atoms with Gasteiger partial charge >= 0.3 is 5.97 Å². The first-order valence-electron chi connectivity index (χ1n) is 6.77. The molecule has 0 radical (unpaired) electrons. The maximum atomic E-state index is 12.6. The first kappa shape index (κ1) is 15.0. The number of rotatable bonds is 7. The summed E-state index contributed by atoms with van der Waals surface area (Å²) in [6.45, 7) is 6.49. The highest BCUT2D eigenvalue weighted by Gasteiger charge is 2.42. The van der Waals surface area contributed by atoms with E-state index in [0.717, 1.165) is 32.4 Å². The van der Waals surface area contributed by atoms with Crippen LogP contribution in [0.15, 0.2) is 0 Å². The van der Waals surface area contributed by atoms with E-state index in [2.05, 4.69) is 12.2 Å². The van der Waals surface area contributed by atoms with E-state index in [4.69, 9.17) is 5.11 Å². The lowest BCUT2D eigenvalue weighted by Crippen LogP contribution is -2.46. The third kappa shape index (κ3) is 3.45. The molecule has 18 heavy (non-hydrogen) atoms. The summed E-state index contributed by atoms with van der Waals surface area (Å²) in [6.07, 6.45) is 2.74. The van der Waals surface area contributed by atoms with Crippen molar-refractivity contribution in [3.8, 4) is 0 Å². The number of hydrogen-bond acceptors (Lipinski definition) is 3. The fourth-order valence-electron chi connectivity index (χ4n) is 2.69. The Balaban J connectivity index is 2.70. The summed E-state index contributed by atoms with van der Waals surface area (Å²) in [5.41, 5.74) is -0.302. The van der Waals surface area contributed by atoms with Crippen LogP contribution in [0.1, 0.15) is 39.5 Å². The van der Waals surface area contributed by atoms with Crippen molar-refractivity contribution in [3.63, 3.8) is 0 Å². The molecule has 0 aliphatic carbocycles. The van der Waals surface area contributed by atoms with Gasteiger partial charge in [0.2, 0.25) is 5.91 Å². The van der Waals surface area contributed by atoms with E-state index in [-0.39, 0.29) is 17.7 Å². The fraction of sp³-hybridized carbons (Fsp3) is 0.846. The average Bonchev–Trinajstić information content (AvgIpc) is 2.79. The van der Waals surface area contributed by atoms with Crippen molar-refractivity contribution in [2.75, 3.05) is 26.2 Å². The van der Waals surface area contributed by atoms with Gasteiger partial charge in [0.05, 0.1) is 11.8 Å². The topological polar surface area (TPSA) is 69.6 Å². The standard InChI is InChI=1S/C13H24N2O3/c1-3-6-13(7-8-14-10-13)12(18)15(4-2)9-5-11(16)17/h14H,3-10H2,1-2H3,(H,16,17). The second-order valence-electron chi connectivity index (χ2n) is 4.99. The van der Waals surface area contributed by atoms with Gasteiger partial charge in [-0.25, -0.2) is 0 Å². The Morgan fingerprint density at radius 1 is 1.39 bits per heavy atom. The minimum atomic E-state index is -0.852.